The molecule has 0 spiro atoms. The van der Waals surface area contributed by atoms with Crippen molar-refractivity contribution in [1.29, 1.82) is 0 Å². The monoisotopic (exact) mass is 357 g/mol. The summed E-state index contributed by atoms with van der Waals surface area (Å²) in [5.74, 6) is -1.61. The Morgan fingerprint density at radius 2 is 1.88 bits per heavy atom. The molecule has 0 amide bonds. The summed E-state index contributed by atoms with van der Waals surface area (Å²) >= 11 is 0. The summed E-state index contributed by atoms with van der Waals surface area (Å²) in [6, 6.07) is 11.3. The number of hydrogen-bond acceptors (Lipinski definition) is 3. The van der Waals surface area contributed by atoms with Crippen LogP contribution >= 0.6 is 0 Å². The van der Waals surface area contributed by atoms with Crippen LogP contribution in [0.3, 0.4) is 0 Å². The molecule has 5 nitrogen and oxygen atoms in total. The van der Waals surface area contributed by atoms with Gasteiger partial charge in [-0.25, -0.2) is 4.79 Å². The van der Waals surface area contributed by atoms with E-state index in [1.54, 1.807) is 30.3 Å². The Morgan fingerprint density at radius 1 is 1.15 bits per heavy atom. The van der Waals surface area contributed by atoms with Crippen LogP contribution in [-0.4, -0.2) is 21.8 Å². The number of carboxylic acid groups (broad SMARTS) is 1. The molecule has 0 fully saturated rings. The number of para-hydroxylation sites is 1. The Bertz CT molecular complexity index is 1080. The standard InChI is InChI=1S/C19H13F2NO4/c20-19(21)15(9-11-5-2-1-3-6-11)22-10-13(18(24)25)17(23)12-7-4-8-14(26-19)16(12)22/h1-8,10,15H,9H2,(H,24,25). The highest BCUT2D eigenvalue weighted by molar-refractivity contribution is 5.94. The number of carboxylic acids is 1. The van der Waals surface area contributed by atoms with Crippen molar-refractivity contribution in [3.05, 3.63) is 76.1 Å². The van der Waals surface area contributed by atoms with Crippen molar-refractivity contribution in [3.63, 3.8) is 0 Å². The summed E-state index contributed by atoms with van der Waals surface area (Å²) in [7, 11) is 0. The third kappa shape index (κ3) is 2.44. The molecule has 0 saturated heterocycles. The third-order valence-corrected chi connectivity index (χ3v) is 4.49. The number of aromatic nitrogens is 1. The average molecular weight is 357 g/mol. The van der Waals surface area contributed by atoms with Crippen molar-refractivity contribution in [1.82, 2.24) is 4.57 Å². The van der Waals surface area contributed by atoms with Gasteiger partial charge in [-0.2, -0.15) is 8.78 Å². The molecule has 1 aliphatic heterocycles. The van der Waals surface area contributed by atoms with Gasteiger partial charge >= 0.3 is 12.1 Å². The van der Waals surface area contributed by atoms with Crippen LogP contribution in [0.1, 0.15) is 22.0 Å². The van der Waals surface area contributed by atoms with E-state index in [2.05, 4.69) is 0 Å². The summed E-state index contributed by atoms with van der Waals surface area (Å²) < 4.78 is 35.5. The van der Waals surface area contributed by atoms with Gasteiger partial charge in [0.2, 0.25) is 5.43 Å². The van der Waals surface area contributed by atoms with Gasteiger partial charge in [0.25, 0.3) is 0 Å². The van der Waals surface area contributed by atoms with E-state index >= 15 is 0 Å². The number of aromatic carboxylic acids is 1. The molecule has 0 bridgehead atoms. The first-order valence-corrected chi connectivity index (χ1v) is 7.90. The molecule has 3 aromatic rings. The molecule has 1 N–H and O–H groups in total. The molecule has 2 heterocycles. The average Bonchev–Trinajstić information content (AvgIpc) is 2.60. The maximum absolute atomic E-state index is 14.7. The van der Waals surface area contributed by atoms with E-state index in [0.717, 1.165) is 10.8 Å². The van der Waals surface area contributed by atoms with Crippen LogP contribution < -0.4 is 10.2 Å². The number of hydrogen-bond donors (Lipinski definition) is 1. The van der Waals surface area contributed by atoms with Gasteiger partial charge in [0.05, 0.1) is 10.9 Å². The highest BCUT2D eigenvalue weighted by Gasteiger charge is 2.47. The lowest BCUT2D eigenvalue weighted by Crippen LogP contribution is -2.42. The van der Waals surface area contributed by atoms with E-state index in [1.807, 2.05) is 0 Å². The first-order valence-electron chi connectivity index (χ1n) is 7.90. The van der Waals surface area contributed by atoms with Crippen molar-refractivity contribution in [3.8, 4) is 5.75 Å². The lowest BCUT2D eigenvalue weighted by molar-refractivity contribution is -0.213. The molecule has 132 valence electrons. The molecule has 26 heavy (non-hydrogen) atoms. The molecule has 1 atom stereocenters. The van der Waals surface area contributed by atoms with Crippen molar-refractivity contribution in [2.24, 2.45) is 0 Å². The highest BCUT2D eigenvalue weighted by Crippen LogP contribution is 2.43. The molecule has 1 unspecified atom stereocenters. The summed E-state index contributed by atoms with van der Waals surface area (Å²) in [6.07, 6.45) is -2.66. The topological polar surface area (TPSA) is 68.5 Å². The van der Waals surface area contributed by atoms with E-state index in [9.17, 15) is 23.5 Å². The number of carbonyl (C=O) groups is 1. The number of rotatable bonds is 3. The molecular formula is C19H13F2NO4. The molecule has 0 radical (unpaired) electrons. The number of benzene rings is 2. The van der Waals surface area contributed by atoms with Crippen molar-refractivity contribution in [2.75, 3.05) is 0 Å². The van der Waals surface area contributed by atoms with Crippen LogP contribution in [-0.2, 0) is 6.42 Å². The van der Waals surface area contributed by atoms with E-state index in [1.165, 1.54) is 18.2 Å². The van der Waals surface area contributed by atoms with Crippen LogP contribution in [0.4, 0.5) is 8.78 Å². The summed E-state index contributed by atoms with van der Waals surface area (Å²) in [6.45, 7) is 0. The first kappa shape index (κ1) is 16.3. The third-order valence-electron chi connectivity index (χ3n) is 4.49. The van der Waals surface area contributed by atoms with Crippen LogP contribution in [0.15, 0.2) is 59.5 Å². The van der Waals surface area contributed by atoms with Gasteiger partial charge in [-0.3, -0.25) is 4.79 Å². The maximum Gasteiger partial charge on any atom is 0.419 e. The Kier molecular flexibility index (Phi) is 3.54. The lowest BCUT2D eigenvalue weighted by atomic mass is 10.0. The molecule has 0 aliphatic carbocycles. The minimum absolute atomic E-state index is 0.0379. The number of halogens is 2. The summed E-state index contributed by atoms with van der Waals surface area (Å²) in [5, 5.41) is 9.34. The second-order valence-corrected chi connectivity index (χ2v) is 6.11. The molecular weight excluding hydrogens is 344 g/mol. The van der Waals surface area contributed by atoms with E-state index in [0.29, 0.717) is 5.56 Å². The van der Waals surface area contributed by atoms with Gasteiger partial charge in [-0.05, 0) is 17.7 Å². The normalized spacial score (nSPS) is 17.7. The van der Waals surface area contributed by atoms with E-state index < -0.39 is 29.1 Å². The van der Waals surface area contributed by atoms with Gasteiger partial charge in [0.1, 0.15) is 11.6 Å². The summed E-state index contributed by atoms with van der Waals surface area (Å²) in [5.41, 5.74) is -0.457. The Balaban J connectivity index is 2.00. The predicted octanol–water partition coefficient (Wildman–Crippen LogP) is 3.47. The Hall–Kier alpha value is -3.22. The Labute approximate surface area is 146 Å². The first-order chi connectivity index (χ1) is 12.4. The number of nitrogens with zero attached hydrogens (tertiary/aromatic N) is 1. The van der Waals surface area contributed by atoms with Crippen LogP contribution in [0.25, 0.3) is 10.9 Å². The minimum Gasteiger partial charge on any atom is -0.477 e. The van der Waals surface area contributed by atoms with E-state index in [-0.39, 0.29) is 23.1 Å². The molecule has 1 aliphatic rings. The minimum atomic E-state index is -3.57. The van der Waals surface area contributed by atoms with Gasteiger partial charge < -0.3 is 14.4 Å². The highest BCUT2D eigenvalue weighted by atomic mass is 19.3. The van der Waals surface area contributed by atoms with Crippen molar-refractivity contribution >= 4 is 16.9 Å². The quantitative estimate of drug-likeness (QED) is 0.779. The zero-order valence-electron chi connectivity index (χ0n) is 13.4. The van der Waals surface area contributed by atoms with E-state index in [4.69, 9.17) is 4.74 Å². The zero-order valence-corrected chi connectivity index (χ0v) is 13.4. The number of ether oxygens (including phenoxy) is 1. The number of alkyl halides is 2. The van der Waals surface area contributed by atoms with Crippen LogP contribution in [0, 0.1) is 0 Å². The zero-order chi connectivity index (χ0) is 18.5. The summed E-state index contributed by atoms with van der Waals surface area (Å²) in [4.78, 5) is 23.8. The van der Waals surface area contributed by atoms with Crippen LogP contribution in [0.2, 0.25) is 0 Å². The fourth-order valence-electron chi connectivity index (χ4n) is 3.29. The van der Waals surface area contributed by atoms with Crippen molar-refractivity contribution in [2.45, 2.75) is 18.6 Å². The predicted molar refractivity (Wildman–Crippen MR) is 89.9 cm³/mol. The second-order valence-electron chi connectivity index (χ2n) is 6.11. The molecule has 7 heteroatoms. The Morgan fingerprint density at radius 3 is 2.58 bits per heavy atom. The van der Waals surface area contributed by atoms with Gasteiger partial charge in [0.15, 0.2) is 5.75 Å². The lowest BCUT2D eigenvalue weighted by Gasteiger charge is -2.35. The fraction of sp³-hybridized carbons (Fsp3) is 0.158. The van der Waals surface area contributed by atoms with Crippen LogP contribution in [0.5, 0.6) is 5.75 Å². The number of pyridine rings is 1. The molecule has 2 aromatic carbocycles. The second kappa shape index (κ2) is 5.66. The largest absolute Gasteiger partial charge is 0.477 e. The van der Waals surface area contributed by atoms with Gasteiger partial charge in [0, 0.05) is 12.6 Å². The van der Waals surface area contributed by atoms with Crippen molar-refractivity contribution < 1.29 is 23.4 Å². The SMILES string of the molecule is O=C(O)c1cn2c3c(cccc3c1=O)OC(F)(F)C2Cc1ccccc1. The molecule has 4 rings (SSSR count). The van der Waals surface area contributed by atoms with Gasteiger partial charge in [-0.1, -0.05) is 36.4 Å². The molecule has 1 aromatic heterocycles. The smallest absolute Gasteiger partial charge is 0.419 e. The molecule has 0 saturated carbocycles. The fourth-order valence-corrected chi connectivity index (χ4v) is 3.29. The van der Waals surface area contributed by atoms with Gasteiger partial charge in [-0.15, -0.1) is 0 Å². The maximum atomic E-state index is 14.7.